The molecule has 0 unspecified atom stereocenters. The maximum Gasteiger partial charge on any atom is 0.573 e. The zero-order chi connectivity index (χ0) is 14.1. The van der Waals surface area contributed by atoms with Gasteiger partial charge in [0.2, 0.25) is 10.0 Å². The average molecular weight is 295 g/mol. The SMILES string of the molecule is O=S(=O)(NCC1CC1)c1cccc(OC(F)(F)F)c1. The predicted octanol–water partition coefficient (Wildman–Crippen LogP) is 2.27. The number of rotatable bonds is 5. The summed E-state index contributed by atoms with van der Waals surface area (Å²) >= 11 is 0. The van der Waals surface area contributed by atoms with Crippen LogP contribution in [0, 0.1) is 5.92 Å². The van der Waals surface area contributed by atoms with Crippen LogP contribution in [0.1, 0.15) is 12.8 Å². The van der Waals surface area contributed by atoms with Crippen LogP contribution in [0.15, 0.2) is 29.2 Å². The summed E-state index contributed by atoms with van der Waals surface area (Å²) in [5.74, 6) is -0.217. The van der Waals surface area contributed by atoms with Crippen molar-refractivity contribution in [2.45, 2.75) is 24.1 Å². The van der Waals surface area contributed by atoms with Crippen molar-refractivity contribution in [3.63, 3.8) is 0 Å². The fraction of sp³-hybridized carbons (Fsp3) is 0.455. The molecule has 0 radical (unpaired) electrons. The molecule has 106 valence electrons. The van der Waals surface area contributed by atoms with Gasteiger partial charge in [-0.05, 0) is 30.9 Å². The highest BCUT2D eigenvalue weighted by Crippen LogP contribution is 2.29. The van der Waals surface area contributed by atoms with Gasteiger partial charge in [0, 0.05) is 12.6 Å². The molecule has 0 spiro atoms. The Morgan fingerprint density at radius 2 is 2.00 bits per heavy atom. The van der Waals surface area contributed by atoms with Crippen LogP contribution < -0.4 is 9.46 Å². The van der Waals surface area contributed by atoms with Crippen molar-refractivity contribution in [3.05, 3.63) is 24.3 Å². The molecule has 0 amide bonds. The van der Waals surface area contributed by atoms with Gasteiger partial charge < -0.3 is 4.74 Å². The first kappa shape index (κ1) is 14.1. The minimum absolute atomic E-state index is 0.241. The normalized spacial score (nSPS) is 16.4. The summed E-state index contributed by atoms with van der Waals surface area (Å²) in [4.78, 5) is -0.241. The lowest BCUT2D eigenvalue weighted by molar-refractivity contribution is -0.274. The van der Waals surface area contributed by atoms with Gasteiger partial charge in [-0.25, -0.2) is 13.1 Å². The third kappa shape index (κ3) is 4.39. The Morgan fingerprint density at radius 1 is 1.32 bits per heavy atom. The molecular formula is C11H12F3NO3S. The summed E-state index contributed by atoms with van der Waals surface area (Å²) in [5.41, 5.74) is 0. The Labute approximate surface area is 108 Å². The Kier molecular flexibility index (Phi) is 3.73. The van der Waals surface area contributed by atoms with Gasteiger partial charge in [-0.15, -0.1) is 13.2 Å². The number of hydrogen-bond acceptors (Lipinski definition) is 3. The lowest BCUT2D eigenvalue weighted by atomic mass is 10.3. The Hall–Kier alpha value is -1.28. The Bertz CT molecular complexity index is 553. The van der Waals surface area contributed by atoms with E-state index in [1.54, 1.807) is 0 Å². The van der Waals surface area contributed by atoms with Crippen LogP contribution in [0.4, 0.5) is 13.2 Å². The van der Waals surface area contributed by atoms with Gasteiger partial charge in [-0.3, -0.25) is 0 Å². The van der Waals surface area contributed by atoms with E-state index in [-0.39, 0.29) is 4.90 Å². The number of nitrogens with one attached hydrogen (secondary N) is 1. The second-order valence-corrected chi connectivity index (χ2v) is 6.08. The summed E-state index contributed by atoms with van der Waals surface area (Å²) in [6.45, 7) is 0.312. The van der Waals surface area contributed by atoms with E-state index in [1.165, 1.54) is 12.1 Å². The minimum Gasteiger partial charge on any atom is -0.406 e. The quantitative estimate of drug-likeness (QED) is 0.906. The second kappa shape index (κ2) is 5.01. The van der Waals surface area contributed by atoms with E-state index in [1.807, 2.05) is 0 Å². The number of alkyl halides is 3. The molecular weight excluding hydrogens is 283 g/mol. The molecule has 4 nitrogen and oxygen atoms in total. The van der Waals surface area contributed by atoms with E-state index in [0.717, 1.165) is 25.0 Å². The zero-order valence-electron chi connectivity index (χ0n) is 9.77. The summed E-state index contributed by atoms with van der Waals surface area (Å²) in [5, 5.41) is 0. The van der Waals surface area contributed by atoms with Crippen molar-refractivity contribution < 1.29 is 26.3 Å². The van der Waals surface area contributed by atoms with Crippen LogP contribution in [0.5, 0.6) is 5.75 Å². The minimum atomic E-state index is -4.84. The Balaban J connectivity index is 2.12. The highest BCUT2D eigenvalue weighted by molar-refractivity contribution is 7.89. The summed E-state index contributed by atoms with van der Waals surface area (Å²) < 4.78 is 65.8. The van der Waals surface area contributed by atoms with Crippen LogP contribution in [0.2, 0.25) is 0 Å². The van der Waals surface area contributed by atoms with Crippen molar-refractivity contribution >= 4 is 10.0 Å². The van der Waals surface area contributed by atoms with Crippen LogP contribution in [-0.4, -0.2) is 21.3 Å². The molecule has 2 rings (SSSR count). The second-order valence-electron chi connectivity index (χ2n) is 4.32. The first-order valence-electron chi connectivity index (χ1n) is 5.62. The first-order valence-corrected chi connectivity index (χ1v) is 7.10. The number of benzene rings is 1. The molecule has 0 atom stereocenters. The highest BCUT2D eigenvalue weighted by Gasteiger charge is 2.31. The van der Waals surface area contributed by atoms with Gasteiger partial charge in [-0.2, -0.15) is 0 Å². The van der Waals surface area contributed by atoms with Gasteiger partial charge in [0.1, 0.15) is 5.75 Å². The van der Waals surface area contributed by atoms with E-state index < -0.39 is 22.1 Å². The highest BCUT2D eigenvalue weighted by atomic mass is 32.2. The zero-order valence-corrected chi connectivity index (χ0v) is 10.6. The van der Waals surface area contributed by atoms with Crippen LogP contribution >= 0.6 is 0 Å². The van der Waals surface area contributed by atoms with Gasteiger partial charge in [0.05, 0.1) is 4.90 Å². The average Bonchev–Trinajstić information content (AvgIpc) is 3.08. The van der Waals surface area contributed by atoms with E-state index in [0.29, 0.717) is 12.5 Å². The van der Waals surface area contributed by atoms with Crippen molar-refractivity contribution in [3.8, 4) is 5.75 Å². The molecule has 0 saturated heterocycles. The van der Waals surface area contributed by atoms with E-state index in [2.05, 4.69) is 9.46 Å². The predicted molar refractivity (Wildman–Crippen MR) is 61.0 cm³/mol. The maximum absolute atomic E-state index is 12.0. The molecule has 1 saturated carbocycles. The van der Waals surface area contributed by atoms with Crippen LogP contribution in [0.3, 0.4) is 0 Å². The molecule has 1 aromatic carbocycles. The van der Waals surface area contributed by atoms with E-state index >= 15 is 0 Å². The third-order valence-electron chi connectivity index (χ3n) is 2.61. The molecule has 1 aliphatic carbocycles. The summed E-state index contributed by atoms with van der Waals surface area (Å²) in [6, 6.07) is 4.32. The van der Waals surface area contributed by atoms with E-state index in [9.17, 15) is 21.6 Å². The van der Waals surface area contributed by atoms with Gasteiger partial charge >= 0.3 is 6.36 Å². The smallest absolute Gasteiger partial charge is 0.406 e. The van der Waals surface area contributed by atoms with Crippen molar-refractivity contribution in [1.82, 2.24) is 4.72 Å². The monoisotopic (exact) mass is 295 g/mol. The largest absolute Gasteiger partial charge is 0.573 e. The Morgan fingerprint density at radius 3 is 2.58 bits per heavy atom. The third-order valence-corrected chi connectivity index (χ3v) is 4.03. The number of sulfonamides is 1. The summed E-state index contributed by atoms with van der Waals surface area (Å²) in [6.07, 6.45) is -2.90. The molecule has 1 aliphatic rings. The topological polar surface area (TPSA) is 55.4 Å². The van der Waals surface area contributed by atoms with Gasteiger partial charge in [0.25, 0.3) is 0 Å². The molecule has 0 aliphatic heterocycles. The first-order chi connectivity index (χ1) is 8.76. The molecule has 0 heterocycles. The van der Waals surface area contributed by atoms with Crippen molar-refractivity contribution in [1.29, 1.82) is 0 Å². The molecule has 8 heteroatoms. The van der Waals surface area contributed by atoms with Gasteiger partial charge in [0.15, 0.2) is 0 Å². The standard InChI is InChI=1S/C11H12F3NO3S/c12-11(13,14)18-9-2-1-3-10(6-9)19(16,17)15-7-8-4-5-8/h1-3,6,8,15H,4-5,7H2. The van der Waals surface area contributed by atoms with Crippen LogP contribution in [-0.2, 0) is 10.0 Å². The maximum atomic E-state index is 12.0. The molecule has 19 heavy (non-hydrogen) atoms. The molecule has 1 N–H and O–H groups in total. The lowest BCUT2D eigenvalue weighted by Gasteiger charge is -2.10. The molecule has 1 fully saturated rings. The summed E-state index contributed by atoms with van der Waals surface area (Å²) in [7, 11) is -3.79. The fourth-order valence-corrected chi connectivity index (χ4v) is 2.62. The molecule has 0 bridgehead atoms. The molecule has 1 aromatic rings. The van der Waals surface area contributed by atoms with E-state index in [4.69, 9.17) is 0 Å². The van der Waals surface area contributed by atoms with Crippen molar-refractivity contribution in [2.75, 3.05) is 6.54 Å². The number of ether oxygens (including phenoxy) is 1. The van der Waals surface area contributed by atoms with Gasteiger partial charge in [-0.1, -0.05) is 6.07 Å². The molecule has 0 aromatic heterocycles. The lowest BCUT2D eigenvalue weighted by Crippen LogP contribution is -2.26. The number of hydrogen-bond donors (Lipinski definition) is 1. The fourth-order valence-electron chi connectivity index (χ4n) is 1.47. The number of halogens is 3. The van der Waals surface area contributed by atoms with Crippen molar-refractivity contribution in [2.24, 2.45) is 5.92 Å². The van der Waals surface area contributed by atoms with Crippen LogP contribution in [0.25, 0.3) is 0 Å².